The monoisotopic (exact) mass is 279 g/mol. The molecule has 0 fully saturated rings. The fourth-order valence-electron chi connectivity index (χ4n) is 1.89. The summed E-state index contributed by atoms with van der Waals surface area (Å²) in [4.78, 5) is 13.4. The highest BCUT2D eigenvalue weighted by Gasteiger charge is 2.12. The van der Waals surface area contributed by atoms with Crippen LogP contribution in [0, 0.1) is 0 Å². The van der Waals surface area contributed by atoms with Crippen LogP contribution in [0.25, 0.3) is 0 Å². The second-order valence-electron chi connectivity index (χ2n) is 4.97. The van der Waals surface area contributed by atoms with Gasteiger partial charge >= 0.3 is 0 Å². The molecule has 4 nitrogen and oxygen atoms in total. The Balaban J connectivity index is 2.66. The quantitative estimate of drug-likeness (QED) is 0.685. The largest absolute Gasteiger partial charge is 0.493 e. The zero-order valence-corrected chi connectivity index (χ0v) is 12.9. The molecule has 20 heavy (non-hydrogen) atoms. The van der Waals surface area contributed by atoms with Crippen LogP contribution in [0.2, 0.25) is 0 Å². The summed E-state index contributed by atoms with van der Waals surface area (Å²) in [6, 6.07) is 5.30. The van der Waals surface area contributed by atoms with Gasteiger partial charge in [0, 0.05) is 19.7 Å². The smallest absolute Gasteiger partial charge is 0.253 e. The maximum absolute atomic E-state index is 11.9. The van der Waals surface area contributed by atoms with Crippen molar-refractivity contribution in [3.63, 3.8) is 0 Å². The van der Waals surface area contributed by atoms with Gasteiger partial charge in [-0.1, -0.05) is 26.2 Å². The molecule has 1 amide bonds. The summed E-state index contributed by atoms with van der Waals surface area (Å²) in [6.45, 7) is 2.86. The Labute approximate surface area is 121 Å². The zero-order valence-electron chi connectivity index (χ0n) is 12.9. The third kappa shape index (κ3) is 4.76. The Morgan fingerprint density at radius 1 is 1.15 bits per heavy atom. The number of rotatable bonds is 8. The van der Waals surface area contributed by atoms with Crippen molar-refractivity contribution >= 4 is 5.91 Å². The summed E-state index contributed by atoms with van der Waals surface area (Å²) >= 11 is 0. The highest BCUT2D eigenvalue weighted by atomic mass is 16.5. The van der Waals surface area contributed by atoms with Crippen LogP contribution in [0.5, 0.6) is 11.5 Å². The van der Waals surface area contributed by atoms with Crippen LogP contribution in [-0.4, -0.2) is 38.6 Å². The number of amides is 1. The second kappa shape index (κ2) is 8.46. The molecule has 0 radical (unpaired) electrons. The van der Waals surface area contributed by atoms with Crippen LogP contribution in [0.1, 0.15) is 43.0 Å². The van der Waals surface area contributed by atoms with Gasteiger partial charge in [-0.25, -0.2) is 0 Å². The molecule has 0 aliphatic heterocycles. The summed E-state index contributed by atoms with van der Waals surface area (Å²) in [6.07, 6.45) is 4.66. The highest BCUT2D eigenvalue weighted by Crippen LogP contribution is 2.28. The van der Waals surface area contributed by atoms with E-state index in [1.54, 1.807) is 44.3 Å². The van der Waals surface area contributed by atoms with Crippen molar-refractivity contribution < 1.29 is 14.3 Å². The predicted molar refractivity (Wildman–Crippen MR) is 80.6 cm³/mol. The van der Waals surface area contributed by atoms with Gasteiger partial charge in [0.15, 0.2) is 11.5 Å². The van der Waals surface area contributed by atoms with E-state index in [1.165, 1.54) is 19.3 Å². The number of benzene rings is 1. The van der Waals surface area contributed by atoms with Crippen molar-refractivity contribution in [2.45, 2.75) is 32.6 Å². The molecule has 0 atom stereocenters. The summed E-state index contributed by atoms with van der Waals surface area (Å²) in [5.41, 5.74) is 0.602. The highest BCUT2D eigenvalue weighted by molar-refractivity contribution is 5.94. The average Bonchev–Trinajstić information content (AvgIpc) is 2.46. The lowest BCUT2D eigenvalue weighted by Crippen LogP contribution is -2.21. The number of unbranched alkanes of at least 4 members (excludes halogenated alkanes) is 3. The molecule has 0 saturated heterocycles. The predicted octanol–water partition coefficient (Wildman–Crippen LogP) is 3.36. The second-order valence-corrected chi connectivity index (χ2v) is 4.97. The van der Waals surface area contributed by atoms with Crippen molar-refractivity contribution in [3.05, 3.63) is 23.8 Å². The molecule has 0 aromatic heterocycles. The number of carbonyl (C=O) groups excluding carboxylic acids is 1. The van der Waals surface area contributed by atoms with Gasteiger partial charge in [0.05, 0.1) is 13.7 Å². The van der Waals surface area contributed by atoms with Crippen molar-refractivity contribution in [2.24, 2.45) is 0 Å². The molecular weight excluding hydrogens is 254 g/mol. The molecular formula is C16H25NO3. The minimum absolute atomic E-state index is 0.0437. The van der Waals surface area contributed by atoms with Gasteiger partial charge in [0.2, 0.25) is 0 Å². The maximum Gasteiger partial charge on any atom is 0.253 e. The normalized spacial score (nSPS) is 10.2. The zero-order chi connectivity index (χ0) is 15.0. The Morgan fingerprint density at radius 3 is 2.50 bits per heavy atom. The number of methoxy groups -OCH3 is 1. The number of nitrogens with zero attached hydrogens (tertiary/aromatic N) is 1. The first-order valence-electron chi connectivity index (χ1n) is 7.12. The van der Waals surface area contributed by atoms with E-state index < -0.39 is 0 Å². The molecule has 4 heteroatoms. The summed E-state index contributed by atoms with van der Waals surface area (Å²) in [7, 11) is 5.04. The molecule has 1 rings (SSSR count). The molecule has 1 aromatic rings. The first-order valence-corrected chi connectivity index (χ1v) is 7.12. The van der Waals surface area contributed by atoms with E-state index >= 15 is 0 Å². The van der Waals surface area contributed by atoms with Gasteiger partial charge in [-0.05, 0) is 24.6 Å². The van der Waals surface area contributed by atoms with Crippen molar-refractivity contribution in [3.8, 4) is 11.5 Å². The molecule has 0 heterocycles. The SMILES string of the molecule is CCCCCCOc1ccc(C(=O)N(C)C)cc1OC. The molecule has 0 aliphatic rings. The van der Waals surface area contributed by atoms with Gasteiger partial charge < -0.3 is 14.4 Å². The van der Waals surface area contributed by atoms with Crippen molar-refractivity contribution in [2.75, 3.05) is 27.8 Å². The van der Waals surface area contributed by atoms with E-state index in [9.17, 15) is 4.79 Å². The molecule has 1 aromatic carbocycles. The van der Waals surface area contributed by atoms with Crippen molar-refractivity contribution in [1.29, 1.82) is 0 Å². The van der Waals surface area contributed by atoms with Crippen molar-refractivity contribution in [1.82, 2.24) is 4.90 Å². The van der Waals surface area contributed by atoms with Gasteiger partial charge in [-0.15, -0.1) is 0 Å². The lowest BCUT2D eigenvalue weighted by molar-refractivity contribution is 0.0827. The average molecular weight is 279 g/mol. The first kappa shape index (κ1) is 16.3. The van der Waals surface area contributed by atoms with Gasteiger partial charge in [-0.2, -0.15) is 0 Å². The summed E-state index contributed by atoms with van der Waals surface area (Å²) in [5, 5.41) is 0. The maximum atomic E-state index is 11.9. The number of carbonyl (C=O) groups is 1. The van der Waals surface area contributed by atoms with Crippen LogP contribution in [0.4, 0.5) is 0 Å². The van der Waals surface area contributed by atoms with Gasteiger partial charge in [-0.3, -0.25) is 4.79 Å². The van der Waals surface area contributed by atoms with Crippen LogP contribution < -0.4 is 9.47 Å². The Hall–Kier alpha value is -1.71. The molecule has 0 unspecified atom stereocenters. The standard InChI is InChI=1S/C16H25NO3/c1-5-6-7-8-11-20-14-10-9-13(12-15(14)19-4)16(18)17(2)3/h9-10,12H,5-8,11H2,1-4H3. The Bertz CT molecular complexity index is 430. The lowest BCUT2D eigenvalue weighted by atomic mass is 10.2. The third-order valence-corrected chi connectivity index (χ3v) is 3.07. The first-order chi connectivity index (χ1) is 9.60. The molecule has 0 saturated carbocycles. The number of hydrogen-bond donors (Lipinski definition) is 0. The molecule has 0 N–H and O–H groups in total. The minimum atomic E-state index is -0.0437. The van der Waals surface area contributed by atoms with E-state index in [-0.39, 0.29) is 5.91 Å². The lowest BCUT2D eigenvalue weighted by Gasteiger charge is -2.14. The molecule has 0 spiro atoms. The molecule has 112 valence electrons. The summed E-state index contributed by atoms with van der Waals surface area (Å²) < 4.78 is 11.0. The van der Waals surface area contributed by atoms with Gasteiger partial charge in [0.1, 0.15) is 0 Å². The van der Waals surface area contributed by atoms with E-state index in [0.29, 0.717) is 23.7 Å². The topological polar surface area (TPSA) is 38.8 Å². The van der Waals surface area contributed by atoms with Crippen LogP contribution in [-0.2, 0) is 0 Å². The fourth-order valence-corrected chi connectivity index (χ4v) is 1.89. The number of hydrogen-bond acceptors (Lipinski definition) is 3. The summed E-state index contributed by atoms with van der Waals surface area (Å²) in [5.74, 6) is 1.25. The van der Waals surface area contributed by atoms with Gasteiger partial charge in [0.25, 0.3) is 5.91 Å². The number of ether oxygens (including phenoxy) is 2. The van der Waals surface area contributed by atoms with E-state index in [2.05, 4.69) is 6.92 Å². The van der Waals surface area contributed by atoms with Crippen LogP contribution in [0.3, 0.4) is 0 Å². The Morgan fingerprint density at radius 2 is 1.90 bits per heavy atom. The minimum Gasteiger partial charge on any atom is -0.493 e. The molecule has 0 aliphatic carbocycles. The van der Waals surface area contributed by atoms with Crippen LogP contribution in [0.15, 0.2) is 18.2 Å². The molecule has 0 bridgehead atoms. The van der Waals surface area contributed by atoms with Crippen LogP contribution >= 0.6 is 0 Å². The van der Waals surface area contributed by atoms with E-state index in [1.807, 2.05) is 0 Å². The van der Waals surface area contributed by atoms with E-state index in [4.69, 9.17) is 9.47 Å². The van der Waals surface area contributed by atoms with E-state index in [0.717, 1.165) is 6.42 Å². The fraction of sp³-hybridized carbons (Fsp3) is 0.562. The third-order valence-electron chi connectivity index (χ3n) is 3.07. The Kier molecular flexibility index (Phi) is 6.91.